The Labute approximate surface area is 201 Å². The summed E-state index contributed by atoms with van der Waals surface area (Å²) in [5.74, 6) is -0.0123. The van der Waals surface area contributed by atoms with E-state index in [4.69, 9.17) is 14.2 Å². The molecule has 8 nitrogen and oxygen atoms in total. The van der Waals surface area contributed by atoms with Gasteiger partial charge in [0.1, 0.15) is 22.9 Å². The summed E-state index contributed by atoms with van der Waals surface area (Å²) < 4.78 is 31.1. The molecule has 0 aliphatic carbocycles. The predicted octanol–water partition coefficient (Wildman–Crippen LogP) is 6.09. The molecule has 4 aromatic rings. The van der Waals surface area contributed by atoms with E-state index in [1.807, 2.05) is 0 Å². The van der Waals surface area contributed by atoms with Crippen LogP contribution >= 0.6 is 0 Å². The maximum Gasteiger partial charge on any atom is 0.412 e. The molecular weight excluding hydrogens is 453 g/mol. The lowest BCUT2D eigenvalue weighted by Gasteiger charge is -2.20. The quantitative estimate of drug-likeness (QED) is 0.350. The number of amides is 1. The maximum atomic E-state index is 13.4. The van der Waals surface area contributed by atoms with Crippen molar-refractivity contribution in [3.63, 3.8) is 0 Å². The van der Waals surface area contributed by atoms with Crippen LogP contribution in [0.2, 0.25) is 0 Å². The van der Waals surface area contributed by atoms with E-state index in [0.29, 0.717) is 39.3 Å². The third kappa shape index (κ3) is 5.57. The third-order valence-corrected chi connectivity index (χ3v) is 4.87. The molecule has 0 aliphatic heterocycles. The van der Waals surface area contributed by atoms with Crippen molar-refractivity contribution in [2.24, 2.45) is 0 Å². The van der Waals surface area contributed by atoms with Crippen LogP contribution in [0, 0.1) is 5.82 Å². The Kier molecular flexibility index (Phi) is 6.42. The number of nitrogens with one attached hydrogen (secondary N) is 1. The van der Waals surface area contributed by atoms with Crippen LogP contribution in [-0.4, -0.2) is 34.6 Å². The van der Waals surface area contributed by atoms with Gasteiger partial charge in [-0.2, -0.15) is 5.10 Å². The number of aromatic nitrogens is 2. The van der Waals surface area contributed by atoms with Crippen LogP contribution in [0.15, 0.2) is 66.9 Å². The molecular formula is C26H24FN3O5. The average molecular weight is 477 g/mol. The second-order valence-corrected chi connectivity index (χ2v) is 8.68. The van der Waals surface area contributed by atoms with Crippen LogP contribution in [0.5, 0.6) is 11.5 Å². The molecule has 0 radical (unpaired) electrons. The Morgan fingerprint density at radius 3 is 2.31 bits per heavy atom. The molecule has 0 aliphatic rings. The molecule has 0 saturated heterocycles. The minimum Gasteiger partial charge on any atom is -0.465 e. The monoisotopic (exact) mass is 477 g/mol. The summed E-state index contributed by atoms with van der Waals surface area (Å²) in [5.41, 5.74) is 1.44. The van der Waals surface area contributed by atoms with Crippen LogP contribution in [0.4, 0.5) is 14.9 Å². The number of esters is 1. The van der Waals surface area contributed by atoms with Crippen LogP contribution in [0.1, 0.15) is 31.1 Å². The summed E-state index contributed by atoms with van der Waals surface area (Å²) in [6.45, 7) is 5.31. The van der Waals surface area contributed by atoms with E-state index in [1.165, 1.54) is 31.4 Å². The van der Waals surface area contributed by atoms with Gasteiger partial charge in [0.05, 0.1) is 35.5 Å². The highest BCUT2D eigenvalue weighted by molar-refractivity contribution is 5.94. The van der Waals surface area contributed by atoms with Crippen molar-refractivity contribution in [1.29, 1.82) is 0 Å². The van der Waals surface area contributed by atoms with Gasteiger partial charge >= 0.3 is 12.1 Å². The first kappa shape index (κ1) is 23.7. The van der Waals surface area contributed by atoms with E-state index in [1.54, 1.807) is 68.0 Å². The van der Waals surface area contributed by atoms with E-state index in [9.17, 15) is 14.0 Å². The predicted molar refractivity (Wildman–Crippen MR) is 129 cm³/mol. The first-order valence-electron chi connectivity index (χ1n) is 10.8. The van der Waals surface area contributed by atoms with Gasteiger partial charge < -0.3 is 14.2 Å². The minimum absolute atomic E-state index is 0.383. The van der Waals surface area contributed by atoms with Gasteiger partial charge in [0.25, 0.3) is 0 Å². The number of benzene rings is 3. The number of halogens is 1. The number of fused-ring (bicyclic) bond motifs is 1. The van der Waals surface area contributed by atoms with E-state index in [0.717, 1.165) is 0 Å². The lowest BCUT2D eigenvalue weighted by atomic mass is 10.2. The number of hydrogen-bond acceptors (Lipinski definition) is 6. The molecule has 9 heteroatoms. The molecule has 0 fully saturated rings. The SMILES string of the molecule is COC(=O)c1ccc(-n2ncc3c(Oc4ccc(F)cc4)cc(NC(=O)OC(C)(C)C)cc32)cc1. The number of rotatable bonds is 5. The van der Waals surface area contributed by atoms with Gasteiger partial charge in [-0.1, -0.05) is 0 Å². The number of ether oxygens (including phenoxy) is 3. The molecule has 3 aromatic carbocycles. The molecule has 180 valence electrons. The molecule has 0 saturated carbocycles. The molecule has 35 heavy (non-hydrogen) atoms. The van der Waals surface area contributed by atoms with Crippen LogP contribution in [-0.2, 0) is 9.47 Å². The van der Waals surface area contributed by atoms with Gasteiger partial charge in [-0.3, -0.25) is 5.32 Å². The van der Waals surface area contributed by atoms with Gasteiger partial charge in [-0.05, 0) is 75.4 Å². The van der Waals surface area contributed by atoms with Gasteiger partial charge in [-0.15, -0.1) is 0 Å². The Bertz CT molecular complexity index is 1370. The van der Waals surface area contributed by atoms with Crippen molar-refractivity contribution in [1.82, 2.24) is 9.78 Å². The second-order valence-electron chi connectivity index (χ2n) is 8.68. The van der Waals surface area contributed by atoms with Crippen LogP contribution < -0.4 is 10.1 Å². The topological polar surface area (TPSA) is 91.7 Å². The van der Waals surface area contributed by atoms with E-state index < -0.39 is 17.7 Å². The maximum absolute atomic E-state index is 13.4. The summed E-state index contributed by atoms with van der Waals surface area (Å²) in [4.78, 5) is 24.2. The number of methoxy groups -OCH3 is 1. The smallest absolute Gasteiger partial charge is 0.412 e. The zero-order chi connectivity index (χ0) is 25.2. The highest BCUT2D eigenvalue weighted by Gasteiger charge is 2.19. The fourth-order valence-electron chi connectivity index (χ4n) is 3.36. The lowest BCUT2D eigenvalue weighted by molar-refractivity contribution is 0.0598. The first-order chi connectivity index (χ1) is 16.6. The van der Waals surface area contributed by atoms with Crippen LogP contribution in [0.25, 0.3) is 16.6 Å². The van der Waals surface area contributed by atoms with Crippen molar-refractivity contribution in [2.75, 3.05) is 12.4 Å². The molecule has 4 rings (SSSR count). The van der Waals surface area contributed by atoms with Crippen molar-refractivity contribution >= 4 is 28.7 Å². The highest BCUT2D eigenvalue weighted by atomic mass is 19.1. The zero-order valence-electron chi connectivity index (χ0n) is 19.7. The zero-order valence-corrected chi connectivity index (χ0v) is 19.7. The largest absolute Gasteiger partial charge is 0.465 e. The van der Waals surface area contributed by atoms with Crippen molar-refractivity contribution in [3.05, 3.63) is 78.2 Å². The summed E-state index contributed by atoms with van der Waals surface area (Å²) in [6, 6.07) is 15.7. The minimum atomic E-state index is -0.676. The van der Waals surface area contributed by atoms with Gasteiger partial charge in [0.15, 0.2) is 0 Å². The average Bonchev–Trinajstić information content (AvgIpc) is 3.23. The second kappa shape index (κ2) is 9.46. The number of carbonyl (C=O) groups excluding carboxylic acids is 2. The molecule has 0 atom stereocenters. The van der Waals surface area contributed by atoms with Crippen molar-refractivity contribution < 1.29 is 28.2 Å². The van der Waals surface area contributed by atoms with Crippen LogP contribution in [0.3, 0.4) is 0 Å². The fourth-order valence-corrected chi connectivity index (χ4v) is 3.36. The molecule has 1 amide bonds. The molecule has 0 unspecified atom stereocenters. The Morgan fingerprint density at radius 1 is 1.00 bits per heavy atom. The Hall–Kier alpha value is -4.40. The van der Waals surface area contributed by atoms with Crippen molar-refractivity contribution in [3.8, 4) is 17.2 Å². The number of anilines is 1. The summed E-state index contributed by atoms with van der Waals surface area (Å²) >= 11 is 0. The molecule has 0 bridgehead atoms. The van der Waals surface area contributed by atoms with Gasteiger partial charge in [0.2, 0.25) is 0 Å². The summed E-state index contributed by atoms with van der Waals surface area (Å²) in [6.07, 6.45) is 0.998. The normalized spacial score (nSPS) is 11.2. The number of nitrogens with zero attached hydrogens (tertiary/aromatic N) is 2. The molecule has 1 aromatic heterocycles. The van der Waals surface area contributed by atoms with Gasteiger partial charge in [-0.25, -0.2) is 18.7 Å². The standard InChI is InChI=1S/C26H24FN3O5/c1-26(2,3)35-25(32)29-18-13-22-21(23(14-18)34-20-11-7-17(27)8-12-20)15-28-30(22)19-9-5-16(6-10-19)24(31)33-4/h5-15H,1-4H3,(H,29,32). The lowest BCUT2D eigenvalue weighted by Crippen LogP contribution is -2.27. The van der Waals surface area contributed by atoms with Gasteiger partial charge in [0, 0.05) is 11.8 Å². The third-order valence-electron chi connectivity index (χ3n) is 4.87. The molecule has 1 heterocycles. The first-order valence-corrected chi connectivity index (χ1v) is 10.8. The highest BCUT2D eigenvalue weighted by Crippen LogP contribution is 2.35. The van der Waals surface area contributed by atoms with E-state index in [2.05, 4.69) is 10.4 Å². The number of carbonyl (C=O) groups is 2. The van der Waals surface area contributed by atoms with Crippen molar-refractivity contribution in [2.45, 2.75) is 26.4 Å². The summed E-state index contributed by atoms with van der Waals surface area (Å²) in [7, 11) is 1.32. The molecule has 0 spiro atoms. The van der Waals surface area contributed by atoms with E-state index >= 15 is 0 Å². The molecule has 1 N–H and O–H groups in total. The summed E-state index contributed by atoms with van der Waals surface area (Å²) in [5, 5.41) is 7.85. The fraction of sp³-hybridized carbons (Fsp3) is 0.192. The Morgan fingerprint density at radius 2 is 1.69 bits per heavy atom. The van der Waals surface area contributed by atoms with E-state index in [-0.39, 0.29) is 5.82 Å². The number of hydrogen-bond donors (Lipinski definition) is 1. The Balaban J connectivity index is 1.77.